The first-order chi connectivity index (χ1) is 11.7. The number of hydrogen-bond donors (Lipinski definition) is 2. The Morgan fingerprint density at radius 1 is 0.960 bits per heavy atom. The van der Waals surface area contributed by atoms with Crippen molar-refractivity contribution in [1.82, 2.24) is 4.72 Å². The summed E-state index contributed by atoms with van der Waals surface area (Å²) in [6.45, 7) is 4.07. The minimum atomic E-state index is -3.79. The molecule has 0 aliphatic carbocycles. The summed E-state index contributed by atoms with van der Waals surface area (Å²) in [5.41, 5.74) is 1.21. The fourth-order valence-electron chi connectivity index (χ4n) is 2.06. The van der Waals surface area contributed by atoms with Gasteiger partial charge in [0.05, 0.1) is 4.90 Å². The number of aryl methyl sites for hydroxylation is 1. The van der Waals surface area contributed by atoms with Gasteiger partial charge in [0.25, 0.3) is 10.0 Å². The standard InChI is InChI=1S/C16H19BrN2O4S2/c1-3-10-18-24(20,21)14-7-5-13(6-8-14)19-25(22,23)16-9-4-12(2)11-15(16)17/h4-9,11,18-19H,3,10H2,1-2H3. The van der Waals surface area contributed by atoms with Crippen molar-refractivity contribution in [2.45, 2.75) is 30.1 Å². The molecule has 0 radical (unpaired) electrons. The average Bonchev–Trinajstić information content (AvgIpc) is 2.52. The summed E-state index contributed by atoms with van der Waals surface area (Å²) in [5, 5.41) is 0. The van der Waals surface area contributed by atoms with Crippen LogP contribution in [0.4, 0.5) is 5.69 Å². The molecule has 2 aromatic rings. The van der Waals surface area contributed by atoms with Crippen molar-refractivity contribution in [1.29, 1.82) is 0 Å². The van der Waals surface area contributed by atoms with Gasteiger partial charge in [0, 0.05) is 16.7 Å². The van der Waals surface area contributed by atoms with E-state index >= 15 is 0 Å². The Morgan fingerprint density at radius 2 is 1.60 bits per heavy atom. The second-order valence-corrected chi connectivity index (χ2v) is 9.73. The quantitative estimate of drug-likeness (QED) is 0.682. The summed E-state index contributed by atoms with van der Waals surface area (Å²) in [6.07, 6.45) is 0.683. The van der Waals surface area contributed by atoms with Crippen LogP contribution in [0.3, 0.4) is 0 Å². The molecule has 2 aromatic carbocycles. The summed E-state index contributed by atoms with van der Waals surface area (Å²) in [5.74, 6) is 0. The van der Waals surface area contributed by atoms with Crippen molar-refractivity contribution in [3.05, 3.63) is 52.5 Å². The Balaban J connectivity index is 2.23. The molecule has 6 nitrogen and oxygen atoms in total. The molecule has 0 aromatic heterocycles. The van der Waals surface area contributed by atoms with E-state index in [4.69, 9.17) is 0 Å². The van der Waals surface area contributed by atoms with Gasteiger partial charge in [0.1, 0.15) is 4.90 Å². The molecule has 25 heavy (non-hydrogen) atoms. The molecule has 2 N–H and O–H groups in total. The molecular weight excluding hydrogens is 428 g/mol. The predicted molar refractivity (Wildman–Crippen MR) is 102 cm³/mol. The van der Waals surface area contributed by atoms with E-state index < -0.39 is 20.0 Å². The Bertz CT molecular complexity index is 956. The molecule has 0 heterocycles. The van der Waals surface area contributed by atoms with Crippen LogP contribution in [0.2, 0.25) is 0 Å². The molecule has 2 rings (SSSR count). The van der Waals surface area contributed by atoms with Crippen LogP contribution in [-0.4, -0.2) is 23.4 Å². The van der Waals surface area contributed by atoms with Gasteiger partial charge in [-0.1, -0.05) is 13.0 Å². The van der Waals surface area contributed by atoms with E-state index in [1.165, 1.54) is 30.3 Å². The van der Waals surface area contributed by atoms with Crippen LogP contribution in [0.15, 0.2) is 56.7 Å². The van der Waals surface area contributed by atoms with Crippen molar-refractivity contribution in [3.8, 4) is 0 Å². The fraction of sp³-hybridized carbons (Fsp3) is 0.250. The Labute approximate surface area is 156 Å². The van der Waals surface area contributed by atoms with Crippen LogP contribution in [0.1, 0.15) is 18.9 Å². The van der Waals surface area contributed by atoms with Gasteiger partial charge in [-0.25, -0.2) is 21.6 Å². The predicted octanol–water partition coefficient (Wildman–Crippen LogP) is 3.25. The lowest BCUT2D eigenvalue weighted by Crippen LogP contribution is -2.24. The lowest BCUT2D eigenvalue weighted by Gasteiger charge is -2.11. The number of benzene rings is 2. The molecule has 136 valence electrons. The van der Waals surface area contributed by atoms with E-state index in [9.17, 15) is 16.8 Å². The molecule has 0 bridgehead atoms. The van der Waals surface area contributed by atoms with Crippen LogP contribution in [0.5, 0.6) is 0 Å². The first kappa shape index (κ1) is 19.9. The first-order valence-corrected chi connectivity index (χ1v) is 11.3. The smallest absolute Gasteiger partial charge is 0.263 e. The van der Waals surface area contributed by atoms with Crippen molar-refractivity contribution >= 4 is 41.7 Å². The van der Waals surface area contributed by atoms with Gasteiger partial charge in [-0.15, -0.1) is 0 Å². The molecular formula is C16H19BrN2O4S2. The lowest BCUT2D eigenvalue weighted by atomic mass is 10.2. The van der Waals surface area contributed by atoms with Crippen LogP contribution >= 0.6 is 15.9 Å². The molecule has 0 fully saturated rings. The molecule has 9 heteroatoms. The van der Waals surface area contributed by atoms with Gasteiger partial charge in [0.15, 0.2) is 0 Å². The maximum atomic E-state index is 12.5. The molecule has 0 unspecified atom stereocenters. The normalized spacial score (nSPS) is 12.1. The highest BCUT2D eigenvalue weighted by Gasteiger charge is 2.18. The zero-order valence-corrected chi connectivity index (χ0v) is 17.0. The van der Waals surface area contributed by atoms with Crippen molar-refractivity contribution in [2.75, 3.05) is 11.3 Å². The minimum absolute atomic E-state index is 0.0837. The number of halogens is 1. The van der Waals surface area contributed by atoms with Gasteiger partial charge >= 0.3 is 0 Å². The number of anilines is 1. The van der Waals surface area contributed by atoms with Gasteiger partial charge < -0.3 is 0 Å². The Kier molecular flexibility index (Phi) is 6.26. The number of sulfonamides is 2. The Hall–Kier alpha value is -1.42. The number of rotatable bonds is 7. The van der Waals surface area contributed by atoms with E-state index in [0.29, 0.717) is 17.4 Å². The molecule has 0 saturated heterocycles. The van der Waals surface area contributed by atoms with E-state index in [2.05, 4.69) is 25.4 Å². The van der Waals surface area contributed by atoms with Crippen LogP contribution in [0, 0.1) is 6.92 Å². The average molecular weight is 447 g/mol. The first-order valence-electron chi connectivity index (χ1n) is 7.54. The van der Waals surface area contributed by atoms with E-state index in [-0.39, 0.29) is 15.5 Å². The lowest BCUT2D eigenvalue weighted by molar-refractivity contribution is 0.581. The van der Waals surface area contributed by atoms with Crippen LogP contribution < -0.4 is 9.44 Å². The van der Waals surface area contributed by atoms with Crippen LogP contribution in [0.25, 0.3) is 0 Å². The van der Waals surface area contributed by atoms with Crippen molar-refractivity contribution in [3.63, 3.8) is 0 Å². The summed E-state index contributed by atoms with van der Waals surface area (Å²) < 4.78 is 54.4. The molecule has 0 saturated carbocycles. The highest BCUT2D eigenvalue weighted by molar-refractivity contribution is 9.10. The second kappa shape index (κ2) is 7.86. The zero-order valence-electron chi connectivity index (χ0n) is 13.8. The molecule has 0 aliphatic rings. The number of nitrogens with one attached hydrogen (secondary N) is 2. The van der Waals surface area contributed by atoms with E-state index in [0.717, 1.165) is 5.56 Å². The van der Waals surface area contributed by atoms with Crippen molar-refractivity contribution in [2.24, 2.45) is 0 Å². The monoisotopic (exact) mass is 446 g/mol. The largest absolute Gasteiger partial charge is 0.280 e. The topological polar surface area (TPSA) is 92.3 Å². The summed E-state index contributed by atoms with van der Waals surface area (Å²) >= 11 is 3.25. The maximum absolute atomic E-state index is 12.5. The maximum Gasteiger partial charge on any atom is 0.263 e. The highest BCUT2D eigenvalue weighted by atomic mass is 79.9. The minimum Gasteiger partial charge on any atom is -0.280 e. The summed E-state index contributed by atoms with van der Waals surface area (Å²) in [7, 11) is -7.37. The third kappa shape index (κ3) is 5.04. The second-order valence-electron chi connectivity index (χ2n) is 5.46. The molecule has 0 amide bonds. The zero-order chi connectivity index (χ0) is 18.7. The number of hydrogen-bond acceptors (Lipinski definition) is 4. The van der Waals surface area contributed by atoms with Gasteiger partial charge in [0.2, 0.25) is 10.0 Å². The van der Waals surface area contributed by atoms with E-state index in [1.54, 1.807) is 12.1 Å². The molecule has 0 aliphatic heterocycles. The summed E-state index contributed by atoms with van der Waals surface area (Å²) in [6, 6.07) is 10.5. The summed E-state index contributed by atoms with van der Waals surface area (Å²) in [4.78, 5) is 0.194. The van der Waals surface area contributed by atoms with Crippen LogP contribution in [-0.2, 0) is 20.0 Å². The Morgan fingerprint density at radius 3 is 2.16 bits per heavy atom. The third-order valence-corrected chi connectivity index (χ3v) is 7.17. The molecule has 0 atom stereocenters. The van der Waals surface area contributed by atoms with Gasteiger partial charge in [-0.2, -0.15) is 0 Å². The van der Waals surface area contributed by atoms with Gasteiger partial charge in [-0.05, 0) is 71.2 Å². The van der Waals surface area contributed by atoms with E-state index in [1.807, 2.05) is 13.8 Å². The SMILES string of the molecule is CCCNS(=O)(=O)c1ccc(NS(=O)(=O)c2ccc(C)cc2Br)cc1. The van der Waals surface area contributed by atoms with Crippen molar-refractivity contribution < 1.29 is 16.8 Å². The van der Waals surface area contributed by atoms with Gasteiger partial charge in [-0.3, -0.25) is 4.72 Å². The molecule has 0 spiro atoms. The third-order valence-electron chi connectivity index (χ3n) is 3.34. The fourth-order valence-corrected chi connectivity index (χ4v) is 5.44. The highest BCUT2D eigenvalue weighted by Crippen LogP contribution is 2.25.